The number of aromatic nitrogens is 2. The molecular formula is C19H20Cl2F3N5O2. The molecule has 3 rings (SSSR count). The monoisotopic (exact) mass is 477 g/mol. The van der Waals surface area contributed by atoms with Crippen LogP contribution in [0.1, 0.15) is 29.8 Å². The number of anilines is 1. The van der Waals surface area contributed by atoms with Crippen LogP contribution in [0.5, 0.6) is 0 Å². The topological polar surface area (TPSA) is 90.4 Å². The van der Waals surface area contributed by atoms with E-state index in [9.17, 15) is 23.1 Å². The minimum atomic E-state index is -4.44. The number of nitrogens with one attached hydrogen (secondary N) is 2. The third-order valence-electron chi connectivity index (χ3n) is 4.90. The highest BCUT2D eigenvalue weighted by molar-refractivity contribution is 6.42. The number of carbonyl (C=O) groups is 1. The molecule has 0 radical (unpaired) electrons. The number of carbonyl (C=O) groups excluding carboxylic acids is 1. The summed E-state index contributed by atoms with van der Waals surface area (Å²) in [5.74, 6) is -0.158. The second kappa shape index (κ2) is 9.46. The van der Waals surface area contributed by atoms with Crippen molar-refractivity contribution in [1.82, 2.24) is 20.2 Å². The number of hydrogen-bond acceptors (Lipinski definition) is 5. The summed E-state index contributed by atoms with van der Waals surface area (Å²) in [6.45, 7) is 1.08. The average Bonchev–Trinajstić information content (AvgIpc) is 2.72. The van der Waals surface area contributed by atoms with Crippen molar-refractivity contribution >= 4 is 35.2 Å². The van der Waals surface area contributed by atoms with Crippen LogP contribution >= 0.6 is 23.2 Å². The van der Waals surface area contributed by atoms with Crippen LogP contribution in [0.3, 0.4) is 0 Å². The fourth-order valence-corrected chi connectivity index (χ4v) is 3.33. The number of urea groups is 1. The molecule has 1 aliphatic heterocycles. The molecule has 2 aromatic rings. The van der Waals surface area contributed by atoms with E-state index < -0.39 is 24.3 Å². The number of benzene rings is 1. The van der Waals surface area contributed by atoms with Crippen LogP contribution in [0.2, 0.25) is 10.0 Å². The number of aliphatic hydroxyl groups excluding tert-OH is 1. The highest BCUT2D eigenvalue weighted by Crippen LogP contribution is 2.26. The molecule has 0 saturated heterocycles. The Bertz CT molecular complexity index is 961. The zero-order chi connectivity index (χ0) is 22.8. The molecule has 1 aliphatic rings. The van der Waals surface area contributed by atoms with Crippen molar-refractivity contribution in [2.45, 2.75) is 38.1 Å². The molecule has 0 aliphatic carbocycles. The quantitative estimate of drug-likeness (QED) is 0.606. The summed E-state index contributed by atoms with van der Waals surface area (Å²) in [6.07, 6.45) is -2.52. The molecule has 168 valence electrons. The lowest BCUT2D eigenvalue weighted by Gasteiger charge is -2.30. The Labute approximate surface area is 186 Å². The molecule has 2 heterocycles. The van der Waals surface area contributed by atoms with E-state index in [0.29, 0.717) is 34.3 Å². The van der Waals surface area contributed by atoms with Crippen molar-refractivity contribution < 1.29 is 23.1 Å². The Kier molecular flexibility index (Phi) is 7.13. The van der Waals surface area contributed by atoms with E-state index in [0.717, 1.165) is 12.5 Å². The van der Waals surface area contributed by atoms with Crippen molar-refractivity contribution in [2.24, 2.45) is 0 Å². The van der Waals surface area contributed by atoms with Gasteiger partial charge in [-0.3, -0.25) is 0 Å². The van der Waals surface area contributed by atoms with Crippen LogP contribution in [0.25, 0.3) is 0 Å². The highest BCUT2D eigenvalue weighted by atomic mass is 35.5. The molecule has 7 nitrogen and oxygen atoms in total. The van der Waals surface area contributed by atoms with E-state index >= 15 is 0 Å². The second-order valence-corrected chi connectivity index (χ2v) is 7.92. The van der Waals surface area contributed by atoms with E-state index in [1.54, 1.807) is 18.2 Å². The molecule has 1 unspecified atom stereocenters. The maximum absolute atomic E-state index is 12.8. The predicted octanol–water partition coefficient (Wildman–Crippen LogP) is 3.95. The minimum Gasteiger partial charge on any atom is -0.394 e. The first-order valence-corrected chi connectivity index (χ1v) is 10.1. The van der Waals surface area contributed by atoms with Gasteiger partial charge in [0.1, 0.15) is 6.04 Å². The molecule has 2 atom stereocenters. The molecular weight excluding hydrogens is 458 g/mol. The number of halogens is 5. The summed E-state index contributed by atoms with van der Waals surface area (Å²) in [7, 11) is 0. The minimum absolute atomic E-state index is 0.0955. The second-order valence-electron chi connectivity index (χ2n) is 7.10. The van der Waals surface area contributed by atoms with Gasteiger partial charge in [-0.2, -0.15) is 13.2 Å². The largest absolute Gasteiger partial charge is 0.408 e. The fraction of sp³-hybridized carbons (Fsp3) is 0.421. The number of nitrogens with zero attached hydrogens (tertiary/aromatic N) is 3. The Morgan fingerprint density at radius 2 is 2.06 bits per heavy atom. The lowest BCUT2D eigenvalue weighted by atomic mass is 10.1. The molecule has 1 aromatic carbocycles. The number of fused-ring (bicyclic) bond motifs is 1. The molecule has 0 saturated carbocycles. The van der Waals surface area contributed by atoms with E-state index in [1.807, 2.05) is 0 Å². The van der Waals surface area contributed by atoms with E-state index in [1.165, 1.54) is 11.1 Å². The van der Waals surface area contributed by atoms with Gasteiger partial charge in [0.05, 0.1) is 34.9 Å². The number of aliphatic hydroxyl groups is 1. The van der Waals surface area contributed by atoms with Crippen molar-refractivity contribution in [3.8, 4) is 0 Å². The van der Waals surface area contributed by atoms with Crippen LogP contribution in [0.15, 0.2) is 24.4 Å². The molecule has 12 heteroatoms. The van der Waals surface area contributed by atoms with Crippen LogP contribution in [0, 0.1) is 0 Å². The maximum Gasteiger partial charge on any atom is 0.408 e. The molecule has 1 aromatic heterocycles. The molecule has 3 N–H and O–H groups in total. The normalized spacial score (nSPS) is 15.8. The number of hydrogen-bond donors (Lipinski definition) is 3. The van der Waals surface area contributed by atoms with Gasteiger partial charge in [0.15, 0.2) is 0 Å². The van der Waals surface area contributed by atoms with Gasteiger partial charge in [0.2, 0.25) is 5.95 Å². The number of rotatable bonds is 5. The molecule has 2 amide bonds. The van der Waals surface area contributed by atoms with Gasteiger partial charge in [-0.25, -0.2) is 14.8 Å². The van der Waals surface area contributed by atoms with Crippen LogP contribution in [0.4, 0.5) is 23.9 Å². The summed E-state index contributed by atoms with van der Waals surface area (Å²) in [5, 5.41) is 15.3. The van der Waals surface area contributed by atoms with Gasteiger partial charge in [-0.1, -0.05) is 29.3 Å². The smallest absolute Gasteiger partial charge is 0.394 e. The summed E-state index contributed by atoms with van der Waals surface area (Å²) < 4.78 is 38.3. The van der Waals surface area contributed by atoms with Crippen molar-refractivity contribution in [2.75, 3.05) is 18.5 Å². The lowest BCUT2D eigenvalue weighted by molar-refractivity contribution is -0.138. The van der Waals surface area contributed by atoms with Crippen molar-refractivity contribution in [1.29, 1.82) is 0 Å². The van der Waals surface area contributed by atoms with Crippen LogP contribution in [-0.2, 0) is 13.0 Å². The van der Waals surface area contributed by atoms with Crippen LogP contribution in [-0.4, -0.2) is 51.4 Å². The Hall–Kier alpha value is -2.30. The standard InChI is InChI=1S/C19H20Cl2F3N5O2/c1-10(19(22,23)24)26-17-25-7-12-4-5-29(8-15(12)27-17)18(31)28-16(9-30)11-2-3-13(20)14(21)6-11/h2-3,6-7,10,16,30H,4-5,8-9H2,1H3,(H,28,31)(H,25,26,27)/t10?,16-/m1/s1. The first-order chi connectivity index (χ1) is 14.6. The Balaban J connectivity index is 1.69. The van der Waals surface area contributed by atoms with Gasteiger partial charge in [0, 0.05) is 12.7 Å². The van der Waals surface area contributed by atoms with Crippen molar-refractivity contribution in [3.05, 3.63) is 51.3 Å². The van der Waals surface area contributed by atoms with Gasteiger partial charge >= 0.3 is 12.2 Å². The van der Waals surface area contributed by atoms with E-state index in [2.05, 4.69) is 20.6 Å². The zero-order valence-electron chi connectivity index (χ0n) is 16.4. The van der Waals surface area contributed by atoms with E-state index in [-0.39, 0.29) is 19.1 Å². The van der Waals surface area contributed by atoms with E-state index in [4.69, 9.17) is 23.2 Å². The Morgan fingerprint density at radius 1 is 1.32 bits per heavy atom. The molecule has 31 heavy (non-hydrogen) atoms. The predicted molar refractivity (Wildman–Crippen MR) is 110 cm³/mol. The highest BCUT2D eigenvalue weighted by Gasteiger charge is 2.36. The SMILES string of the molecule is CC(Nc1ncc2c(n1)CN(C(=O)N[C@H](CO)c1ccc(Cl)c(Cl)c1)CC2)C(F)(F)F. The third-order valence-corrected chi connectivity index (χ3v) is 5.64. The lowest BCUT2D eigenvalue weighted by Crippen LogP contribution is -2.45. The summed E-state index contributed by atoms with van der Waals surface area (Å²) in [6, 6.07) is 1.80. The average molecular weight is 478 g/mol. The summed E-state index contributed by atoms with van der Waals surface area (Å²) in [4.78, 5) is 22.3. The number of amides is 2. The Morgan fingerprint density at radius 3 is 2.71 bits per heavy atom. The summed E-state index contributed by atoms with van der Waals surface area (Å²) in [5.41, 5.74) is 1.80. The van der Waals surface area contributed by atoms with Gasteiger partial charge < -0.3 is 20.6 Å². The molecule has 0 fully saturated rings. The zero-order valence-corrected chi connectivity index (χ0v) is 17.9. The van der Waals surface area contributed by atoms with Gasteiger partial charge in [-0.15, -0.1) is 0 Å². The van der Waals surface area contributed by atoms with Gasteiger partial charge in [0.25, 0.3) is 0 Å². The van der Waals surface area contributed by atoms with Gasteiger partial charge in [-0.05, 0) is 36.6 Å². The number of alkyl halides is 3. The fourth-order valence-electron chi connectivity index (χ4n) is 3.03. The third kappa shape index (κ3) is 5.69. The first kappa shape index (κ1) is 23.4. The van der Waals surface area contributed by atoms with Crippen molar-refractivity contribution in [3.63, 3.8) is 0 Å². The molecule has 0 spiro atoms. The first-order valence-electron chi connectivity index (χ1n) is 9.37. The summed E-state index contributed by atoms with van der Waals surface area (Å²) >= 11 is 11.9. The molecule has 0 bridgehead atoms. The maximum atomic E-state index is 12.8. The van der Waals surface area contributed by atoms with Crippen LogP contribution < -0.4 is 10.6 Å².